The fraction of sp³-hybridized carbons (Fsp3) is 0.286. The van der Waals surface area contributed by atoms with Crippen LogP contribution in [0.2, 0.25) is 0 Å². The number of carbonyl (C=O) groups is 2. The summed E-state index contributed by atoms with van der Waals surface area (Å²) in [5.41, 5.74) is 1.74. The lowest BCUT2D eigenvalue weighted by atomic mass is 10.0. The van der Waals surface area contributed by atoms with Crippen molar-refractivity contribution in [2.45, 2.75) is 26.7 Å². The molecule has 1 aromatic rings. The first-order valence-electron chi connectivity index (χ1n) is 5.73. The maximum Gasteiger partial charge on any atom is 0.331 e. The summed E-state index contributed by atoms with van der Waals surface area (Å²) in [6.45, 7) is 5.45. The predicted molar refractivity (Wildman–Crippen MR) is 70.6 cm³/mol. The van der Waals surface area contributed by atoms with Crippen LogP contribution in [-0.2, 0) is 9.59 Å². The lowest BCUT2D eigenvalue weighted by Crippen LogP contribution is -2.12. The number of hydrogen-bond acceptors (Lipinski definition) is 2. The van der Waals surface area contributed by atoms with Gasteiger partial charge in [0.1, 0.15) is 0 Å². The number of carboxylic acids is 1. The number of carboxylic acid groups (broad SMARTS) is 1. The molecule has 0 bridgehead atoms. The lowest BCUT2D eigenvalue weighted by Gasteiger charge is -2.12. The van der Waals surface area contributed by atoms with E-state index in [1.807, 2.05) is 32.0 Å². The first-order chi connectivity index (χ1) is 8.41. The number of amides is 1. The van der Waals surface area contributed by atoms with E-state index < -0.39 is 11.9 Å². The molecule has 0 unspecified atom stereocenters. The largest absolute Gasteiger partial charge is 0.478 e. The van der Waals surface area contributed by atoms with E-state index in [1.165, 1.54) is 6.92 Å². The molecule has 0 aromatic heterocycles. The van der Waals surface area contributed by atoms with Gasteiger partial charge in [-0.1, -0.05) is 32.0 Å². The summed E-state index contributed by atoms with van der Waals surface area (Å²) < 4.78 is 0. The molecule has 0 aliphatic heterocycles. The second-order valence-electron chi connectivity index (χ2n) is 4.36. The van der Waals surface area contributed by atoms with Crippen LogP contribution in [0.3, 0.4) is 0 Å². The quantitative estimate of drug-likeness (QED) is 0.804. The van der Waals surface area contributed by atoms with Gasteiger partial charge in [0, 0.05) is 17.3 Å². The number of benzene rings is 1. The summed E-state index contributed by atoms with van der Waals surface area (Å²) in [6.07, 6.45) is 1.08. The third-order valence-electron chi connectivity index (χ3n) is 2.53. The molecule has 0 atom stereocenters. The summed E-state index contributed by atoms with van der Waals surface area (Å²) in [4.78, 5) is 22.3. The predicted octanol–water partition coefficient (Wildman–Crippen LogP) is 2.78. The first kappa shape index (κ1) is 14.0. The summed E-state index contributed by atoms with van der Waals surface area (Å²) in [6, 6.07) is 7.48. The van der Waals surface area contributed by atoms with Crippen LogP contribution < -0.4 is 5.32 Å². The maximum atomic E-state index is 11.7. The zero-order chi connectivity index (χ0) is 13.7. The molecule has 96 valence electrons. The number of aliphatic carboxylic acids is 1. The zero-order valence-electron chi connectivity index (χ0n) is 10.7. The fourth-order valence-electron chi connectivity index (χ4n) is 1.54. The summed E-state index contributed by atoms with van der Waals surface area (Å²) in [7, 11) is 0. The van der Waals surface area contributed by atoms with Gasteiger partial charge in [-0.3, -0.25) is 4.79 Å². The van der Waals surface area contributed by atoms with Crippen molar-refractivity contribution in [2.24, 2.45) is 0 Å². The van der Waals surface area contributed by atoms with E-state index in [0.717, 1.165) is 11.6 Å². The van der Waals surface area contributed by atoms with Crippen molar-refractivity contribution in [3.8, 4) is 0 Å². The number of anilines is 1. The van der Waals surface area contributed by atoms with Crippen molar-refractivity contribution in [2.75, 3.05) is 5.32 Å². The molecule has 1 aromatic carbocycles. The molecule has 0 saturated carbocycles. The highest BCUT2D eigenvalue weighted by atomic mass is 16.4. The molecule has 2 N–H and O–H groups in total. The minimum absolute atomic E-state index is 0.00882. The molecule has 4 heteroatoms. The third kappa shape index (κ3) is 3.73. The number of hydrogen-bond donors (Lipinski definition) is 2. The molecule has 0 saturated heterocycles. The van der Waals surface area contributed by atoms with Crippen LogP contribution in [0.4, 0.5) is 5.69 Å². The van der Waals surface area contributed by atoms with Crippen LogP contribution in [0, 0.1) is 0 Å². The maximum absolute atomic E-state index is 11.7. The van der Waals surface area contributed by atoms with Crippen molar-refractivity contribution in [1.82, 2.24) is 0 Å². The number of nitrogens with one attached hydrogen (secondary N) is 1. The highest BCUT2D eigenvalue weighted by molar-refractivity contribution is 6.04. The van der Waals surface area contributed by atoms with Gasteiger partial charge >= 0.3 is 5.97 Å². The average molecular weight is 247 g/mol. The molecule has 1 rings (SSSR count). The highest BCUT2D eigenvalue weighted by Crippen LogP contribution is 2.23. The van der Waals surface area contributed by atoms with E-state index in [0.29, 0.717) is 5.69 Å². The van der Waals surface area contributed by atoms with E-state index in [9.17, 15) is 9.59 Å². The van der Waals surface area contributed by atoms with Crippen LogP contribution in [0.5, 0.6) is 0 Å². The topological polar surface area (TPSA) is 66.4 Å². The van der Waals surface area contributed by atoms with Gasteiger partial charge in [0.2, 0.25) is 5.91 Å². The average Bonchev–Trinajstić information content (AvgIpc) is 2.28. The molecule has 0 radical (unpaired) electrons. The van der Waals surface area contributed by atoms with Gasteiger partial charge in [-0.25, -0.2) is 4.79 Å². The van der Waals surface area contributed by atoms with Crippen LogP contribution in [0.1, 0.15) is 32.3 Å². The third-order valence-corrected chi connectivity index (χ3v) is 2.53. The van der Waals surface area contributed by atoms with Gasteiger partial charge in [0.25, 0.3) is 0 Å². The van der Waals surface area contributed by atoms with Crippen molar-refractivity contribution in [3.63, 3.8) is 0 Å². The minimum Gasteiger partial charge on any atom is -0.478 e. The Kier molecular flexibility index (Phi) is 4.66. The summed E-state index contributed by atoms with van der Waals surface area (Å²) in [5, 5.41) is 11.4. The Morgan fingerprint density at radius 3 is 2.44 bits per heavy atom. The molecule has 0 aliphatic carbocycles. The molecule has 1 amide bonds. The lowest BCUT2D eigenvalue weighted by molar-refractivity contribution is -0.132. The normalized spacial score (nSPS) is 11.4. The summed E-state index contributed by atoms with van der Waals surface area (Å²) >= 11 is 0. The molecular formula is C14H17NO3. The van der Waals surface area contributed by atoms with Crippen LogP contribution >= 0.6 is 0 Å². The fourth-order valence-corrected chi connectivity index (χ4v) is 1.54. The molecular weight excluding hydrogens is 230 g/mol. The van der Waals surface area contributed by atoms with E-state index >= 15 is 0 Å². The van der Waals surface area contributed by atoms with E-state index in [4.69, 9.17) is 5.11 Å². The zero-order valence-corrected chi connectivity index (χ0v) is 10.7. The summed E-state index contributed by atoms with van der Waals surface area (Å²) in [5.74, 6) is -1.24. The molecule has 4 nitrogen and oxygen atoms in total. The molecule has 0 spiro atoms. The second-order valence-corrected chi connectivity index (χ2v) is 4.36. The Hall–Kier alpha value is -2.10. The van der Waals surface area contributed by atoms with Crippen LogP contribution in [-0.4, -0.2) is 17.0 Å². The van der Waals surface area contributed by atoms with Crippen LogP contribution in [0.15, 0.2) is 35.9 Å². The van der Waals surface area contributed by atoms with Crippen LogP contribution in [0.25, 0.3) is 0 Å². The first-order valence-corrected chi connectivity index (χ1v) is 5.73. The molecule has 0 aliphatic rings. The Morgan fingerprint density at radius 1 is 1.28 bits per heavy atom. The Bertz CT molecular complexity index is 490. The van der Waals surface area contributed by atoms with E-state index in [1.54, 1.807) is 6.07 Å². The second kappa shape index (κ2) is 6.00. The van der Waals surface area contributed by atoms with Gasteiger partial charge in [-0.2, -0.15) is 0 Å². The van der Waals surface area contributed by atoms with Gasteiger partial charge in [0.05, 0.1) is 0 Å². The van der Waals surface area contributed by atoms with E-state index in [-0.39, 0.29) is 11.5 Å². The molecule has 18 heavy (non-hydrogen) atoms. The highest BCUT2D eigenvalue weighted by Gasteiger charge is 2.09. The standard InChI is InChI=1S/C14H17NO3/c1-9(2)11-6-4-5-7-12(11)15-13(16)8-10(3)14(17)18/h4-9H,1-3H3,(H,15,16)(H,17,18). The molecule has 0 heterocycles. The van der Waals surface area contributed by atoms with Crippen molar-refractivity contribution >= 4 is 17.6 Å². The monoisotopic (exact) mass is 247 g/mol. The number of rotatable bonds is 4. The Labute approximate surface area is 106 Å². The van der Waals surface area contributed by atoms with E-state index in [2.05, 4.69) is 5.32 Å². The SMILES string of the molecule is CC(=CC(=O)Nc1ccccc1C(C)C)C(=O)O. The number of para-hydroxylation sites is 1. The number of carbonyl (C=O) groups excluding carboxylic acids is 1. The van der Waals surface area contributed by atoms with Gasteiger partial charge < -0.3 is 10.4 Å². The van der Waals surface area contributed by atoms with Crippen molar-refractivity contribution < 1.29 is 14.7 Å². The minimum atomic E-state index is -1.10. The Balaban J connectivity index is 2.89. The molecule has 0 fully saturated rings. The van der Waals surface area contributed by atoms with Crippen molar-refractivity contribution in [1.29, 1.82) is 0 Å². The van der Waals surface area contributed by atoms with Gasteiger partial charge in [0.15, 0.2) is 0 Å². The van der Waals surface area contributed by atoms with Crippen molar-refractivity contribution in [3.05, 3.63) is 41.5 Å². The Morgan fingerprint density at radius 2 is 1.89 bits per heavy atom. The van der Waals surface area contributed by atoms with Gasteiger partial charge in [-0.05, 0) is 24.5 Å². The van der Waals surface area contributed by atoms with Gasteiger partial charge in [-0.15, -0.1) is 0 Å². The smallest absolute Gasteiger partial charge is 0.331 e.